The third kappa shape index (κ3) is 4.94. The van der Waals surface area contributed by atoms with Gasteiger partial charge in [0.2, 0.25) is 5.91 Å². The van der Waals surface area contributed by atoms with Crippen molar-refractivity contribution in [1.29, 1.82) is 0 Å². The van der Waals surface area contributed by atoms with Gasteiger partial charge in [0, 0.05) is 19.0 Å². The second-order valence-electron chi connectivity index (χ2n) is 4.12. The summed E-state index contributed by atoms with van der Waals surface area (Å²) in [6.07, 6.45) is 1.83. The Kier molecular flexibility index (Phi) is 5.21. The zero-order valence-corrected chi connectivity index (χ0v) is 10.5. The van der Waals surface area contributed by atoms with Gasteiger partial charge in [0.1, 0.15) is 0 Å². The van der Waals surface area contributed by atoms with E-state index >= 15 is 0 Å². The van der Waals surface area contributed by atoms with E-state index in [2.05, 4.69) is 10.6 Å². The smallest absolute Gasteiger partial charge is 0.221 e. The van der Waals surface area contributed by atoms with Gasteiger partial charge in [0.25, 0.3) is 0 Å². The number of nitrogens with one attached hydrogen (secondary N) is 2. The molecule has 1 amide bonds. The van der Waals surface area contributed by atoms with Crippen LogP contribution in [0.4, 0.5) is 0 Å². The molecular formula is C10H20N2O3S. The van der Waals surface area contributed by atoms with Crippen molar-refractivity contribution in [2.45, 2.75) is 32.2 Å². The molecule has 1 unspecified atom stereocenters. The van der Waals surface area contributed by atoms with Gasteiger partial charge in [-0.3, -0.25) is 4.79 Å². The van der Waals surface area contributed by atoms with Crippen molar-refractivity contribution in [1.82, 2.24) is 10.6 Å². The fourth-order valence-electron chi connectivity index (χ4n) is 1.82. The van der Waals surface area contributed by atoms with Crippen LogP contribution in [0.3, 0.4) is 0 Å². The van der Waals surface area contributed by atoms with Crippen molar-refractivity contribution in [3.8, 4) is 0 Å². The minimum absolute atomic E-state index is 0.0666. The first-order chi connectivity index (χ1) is 7.53. The highest BCUT2D eigenvalue weighted by molar-refractivity contribution is 7.91. The molecule has 2 N–H and O–H groups in total. The first-order valence-corrected chi connectivity index (χ1v) is 7.56. The largest absolute Gasteiger partial charge is 0.352 e. The van der Waals surface area contributed by atoms with Crippen LogP contribution in [0.2, 0.25) is 0 Å². The fraction of sp³-hybridized carbons (Fsp3) is 0.900. The SMILES string of the molecule is CCNCCC(=O)NC1CCCS(=O)(=O)C1. The molecule has 6 heteroatoms. The summed E-state index contributed by atoms with van der Waals surface area (Å²) in [5.74, 6) is 0.291. The van der Waals surface area contributed by atoms with Crippen molar-refractivity contribution < 1.29 is 13.2 Å². The number of amides is 1. The zero-order valence-electron chi connectivity index (χ0n) is 9.66. The van der Waals surface area contributed by atoms with Crippen LogP contribution < -0.4 is 10.6 Å². The number of rotatable bonds is 5. The van der Waals surface area contributed by atoms with Crippen molar-refractivity contribution in [3.63, 3.8) is 0 Å². The zero-order chi connectivity index (χ0) is 12.0. The Labute approximate surface area is 96.9 Å². The second kappa shape index (κ2) is 6.20. The molecule has 1 aliphatic rings. The summed E-state index contributed by atoms with van der Waals surface area (Å²) >= 11 is 0. The van der Waals surface area contributed by atoms with E-state index in [-0.39, 0.29) is 23.5 Å². The van der Waals surface area contributed by atoms with Gasteiger partial charge in [0.15, 0.2) is 9.84 Å². The van der Waals surface area contributed by atoms with Crippen molar-refractivity contribution in [2.75, 3.05) is 24.6 Å². The number of hydrogen-bond acceptors (Lipinski definition) is 4. The lowest BCUT2D eigenvalue weighted by Gasteiger charge is -2.22. The quantitative estimate of drug-likeness (QED) is 0.654. The Morgan fingerprint density at radius 1 is 1.44 bits per heavy atom. The fourth-order valence-corrected chi connectivity index (χ4v) is 3.45. The number of carbonyl (C=O) groups is 1. The van der Waals surface area contributed by atoms with E-state index in [0.717, 1.165) is 13.0 Å². The van der Waals surface area contributed by atoms with Crippen molar-refractivity contribution in [2.24, 2.45) is 0 Å². The highest BCUT2D eigenvalue weighted by atomic mass is 32.2. The van der Waals surface area contributed by atoms with Crippen LogP contribution in [0.25, 0.3) is 0 Å². The molecule has 1 heterocycles. The molecule has 0 aromatic heterocycles. The van der Waals surface area contributed by atoms with Crippen LogP contribution in [-0.4, -0.2) is 45.0 Å². The molecule has 94 valence electrons. The lowest BCUT2D eigenvalue weighted by atomic mass is 10.2. The van der Waals surface area contributed by atoms with E-state index in [0.29, 0.717) is 19.4 Å². The lowest BCUT2D eigenvalue weighted by molar-refractivity contribution is -0.121. The average molecular weight is 248 g/mol. The molecule has 0 radical (unpaired) electrons. The Morgan fingerprint density at radius 3 is 2.81 bits per heavy atom. The lowest BCUT2D eigenvalue weighted by Crippen LogP contribution is -2.43. The summed E-state index contributed by atoms with van der Waals surface area (Å²) < 4.78 is 22.7. The van der Waals surface area contributed by atoms with Gasteiger partial charge in [-0.2, -0.15) is 0 Å². The van der Waals surface area contributed by atoms with Gasteiger partial charge in [-0.1, -0.05) is 6.92 Å². The second-order valence-corrected chi connectivity index (χ2v) is 6.35. The van der Waals surface area contributed by atoms with Crippen LogP contribution in [0.5, 0.6) is 0 Å². The highest BCUT2D eigenvalue weighted by Crippen LogP contribution is 2.11. The van der Waals surface area contributed by atoms with Crippen molar-refractivity contribution in [3.05, 3.63) is 0 Å². The summed E-state index contributed by atoms with van der Waals surface area (Å²) in [5, 5.41) is 5.83. The van der Waals surface area contributed by atoms with Gasteiger partial charge in [0.05, 0.1) is 11.5 Å². The molecular weight excluding hydrogens is 228 g/mol. The topological polar surface area (TPSA) is 75.3 Å². The molecule has 0 aromatic carbocycles. The molecule has 1 rings (SSSR count). The molecule has 0 aliphatic carbocycles. The number of carbonyl (C=O) groups excluding carboxylic acids is 1. The molecule has 0 bridgehead atoms. The van der Waals surface area contributed by atoms with Gasteiger partial charge in [-0.15, -0.1) is 0 Å². The summed E-state index contributed by atoms with van der Waals surface area (Å²) in [5.41, 5.74) is 0. The molecule has 1 saturated heterocycles. The highest BCUT2D eigenvalue weighted by Gasteiger charge is 2.25. The Bertz CT molecular complexity index is 327. The molecule has 0 spiro atoms. The predicted molar refractivity (Wildman–Crippen MR) is 63.0 cm³/mol. The van der Waals surface area contributed by atoms with Gasteiger partial charge in [-0.05, 0) is 19.4 Å². The summed E-state index contributed by atoms with van der Waals surface area (Å²) in [6, 6.07) is -0.187. The number of hydrogen-bond donors (Lipinski definition) is 2. The van der Waals surface area contributed by atoms with E-state index < -0.39 is 9.84 Å². The summed E-state index contributed by atoms with van der Waals surface area (Å²) in [6.45, 7) is 3.46. The average Bonchev–Trinajstić information content (AvgIpc) is 2.16. The molecule has 0 aromatic rings. The van der Waals surface area contributed by atoms with Gasteiger partial charge in [-0.25, -0.2) is 8.42 Å². The van der Waals surface area contributed by atoms with E-state index in [4.69, 9.17) is 0 Å². The molecule has 1 fully saturated rings. The monoisotopic (exact) mass is 248 g/mol. The molecule has 0 saturated carbocycles. The van der Waals surface area contributed by atoms with E-state index in [1.54, 1.807) is 0 Å². The number of sulfone groups is 1. The van der Waals surface area contributed by atoms with Crippen molar-refractivity contribution >= 4 is 15.7 Å². The Hall–Kier alpha value is -0.620. The van der Waals surface area contributed by atoms with Crippen LogP contribution in [-0.2, 0) is 14.6 Å². The minimum Gasteiger partial charge on any atom is -0.352 e. The van der Waals surface area contributed by atoms with Gasteiger partial charge < -0.3 is 10.6 Å². The molecule has 5 nitrogen and oxygen atoms in total. The first kappa shape index (κ1) is 13.4. The standard InChI is InChI=1S/C10H20N2O3S/c1-2-11-6-5-10(13)12-9-4-3-7-16(14,15)8-9/h9,11H,2-8H2,1H3,(H,12,13). The van der Waals surface area contributed by atoms with Crippen LogP contribution in [0.15, 0.2) is 0 Å². The van der Waals surface area contributed by atoms with E-state index in [9.17, 15) is 13.2 Å². The van der Waals surface area contributed by atoms with Gasteiger partial charge >= 0.3 is 0 Å². The molecule has 1 aliphatic heterocycles. The molecule has 1 atom stereocenters. The minimum atomic E-state index is -2.93. The summed E-state index contributed by atoms with van der Waals surface area (Å²) in [7, 11) is -2.93. The Morgan fingerprint density at radius 2 is 2.19 bits per heavy atom. The normalized spacial score (nSPS) is 23.9. The summed E-state index contributed by atoms with van der Waals surface area (Å²) in [4.78, 5) is 11.5. The maximum atomic E-state index is 11.5. The maximum Gasteiger partial charge on any atom is 0.221 e. The molecule has 16 heavy (non-hydrogen) atoms. The van der Waals surface area contributed by atoms with Crippen LogP contribution >= 0.6 is 0 Å². The Balaban J connectivity index is 2.28. The third-order valence-corrected chi connectivity index (χ3v) is 4.43. The first-order valence-electron chi connectivity index (χ1n) is 5.74. The predicted octanol–water partition coefficient (Wildman–Crippen LogP) is -0.321. The van der Waals surface area contributed by atoms with E-state index in [1.807, 2.05) is 6.92 Å². The van der Waals surface area contributed by atoms with E-state index in [1.165, 1.54) is 0 Å². The maximum absolute atomic E-state index is 11.5. The third-order valence-electron chi connectivity index (χ3n) is 2.61. The van der Waals surface area contributed by atoms with Crippen LogP contribution in [0.1, 0.15) is 26.2 Å². The van der Waals surface area contributed by atoms with Crippen LogP contribution in [0, 0.1) is 0 Å².